The number of rotatable bonds is 7. The minimum atomic E-state index is -0.963. The highest BCUT2D eigenvalue weighted by molar-refractivity contribution is 8.00. The van der Waals surface area contributed by atoms with Crippen LogP contribution in [0.5, 0.6) is 11.5 Å². The van der Waals surface area contributed by atoms with Crippen LogP contribution in [0.4, 0.5) is 17.1 Å². The monoisotopic (exact) mass is 632 g/mol. The number of aromatic nitrogens is 1. The summed E-state index contributed by atoms with van der Waals surface area (Å²) in [6, 6.07) is 16.9. The topological polar surface area (TPSA) is 161 Å². The molecule has 3 aromatic carbocycles. The molecule has 6 rings (SSSR count). The van der Waals surface area contributed by atoms with E-state index in [0.29, 0.717) is 21.2 Å². The van der Waals surface area contributed by atoms with Crippen LogP contribution in [0.2, 0.25) is 0 Å². The maximum atomic E-state index is 14.0. The van der Waals surface area contributed by atoms with Gasteiger partial charge in [0.1, 0.15) is 11.8 Å². The predicted octanol–water partition coefficient (Wildman–Crippen LogP) is 4.28. The first-order valence-electron chi connectivity index (χ1n) is 13.3. The summed E-state index contributed by atoms with van der Waals surface area (Å²) in [5.41, 5.74) is 2.10. The number of carbonyl (C=O) groups is 3. The highest BCUT2D eigenvalue weighted by atomic mass is 32.2. The number of aromatic hydroxyl groups is 1. The summed E-state index contributed by atoms with van der Waals surface area (Å²) < 4.78 is 6.61. The molecule has 2 unspecified atom stereocenters. The van der Waals surface area contributed by atoms with Crippen LogP contribution in [0.25, 0.3) is 0 Å². The number of methoxy groups -OCH3 is 1. The maximum Gasteiger partial charge on any atom is 0.308 e. The highest BCUT2D eigenvalue weighted by Crippen LogP contribution is 2.54. The van der Waals surface area contributed by atoms with Crippen molar-refractivity contribution >= 4 is 57.9 Å². The first kappa shape index (κ1) is 29.1. The molecule has 0 bridgehead atoms. The van der Waals surface area contributed by atoms with Crippen LogP contribution in [0, 0.1) is 23.0 Å². The molecule has 14 heteroatoms. The zero-order valence-electron chi connectivity index (χ0n) is 23.3. The molecule has 224 valence electrons. The first-order valence-corrected chi connectivity index (χ1v) is 15.0. The first-order chi connectivity index (χ1) is 21.1. The van der Waals surface area contributed by atoms with Crippen LogP contribution in [0.3, 0.4) is 0 Å². The molecule has 0 spiro atoms. The number of carbonyl (C=O) groups excluding carboxylic acids is 3. The van der Waals surface area contributed by atoms with Crippen LogP contribution in [0.1, 0.15) is 21.9 Å². The van der Waals surface area contributed by atoms with Crippen molar-refractivity contribution in [1.29, 1.82) is 0 Å². The second-order valence-corrected chi connectivity index (χ2v) is 12.4. The van der Waals surface area contributed by atoms with Gasteiger partial charge < -0.3 is 15.2 Å². The molecule has 2 aliphatic rings. The van der Waals surface area contributed by atoms with E-state index in [1.165, 1.54) is 42.0 Å². The van der Waals surface area contributed by atoms with Crippen molar-refractivity contribution < 1.29 is 29.2 Å². The number of hydrogen-bond acceptors (Lipinski definition) is 10. The van der Waals surface area contributed by atoms with Crippen molar-refractivity contribution in [2.24, 2.45) is 5.92 Å². The van der Waals surface area contributed by atoms with E-state index < -0.39 is 44.6 Å². The van der Waals surface area contributed by atoms with Crippen LogP contribution in [0.15, 0.2) is 76.6 Å². The molecule has 0 saturated carbocycles. The number of thiazole rings is 1. The molecule has 1 saturated heterocycles. The van der Waals surface area contributed by atoms with Gasteiger partial charge in [0.25, 0.3) is 5.69 Å². The van der Waals surface area contributed by atoms with E-state index in [9.17, 15) is 34.4 Å². The van der Waals surface area contributed by atoms with Crippen molar-refractivity contribution in [2.75, 3.05) is 17.3 Å². The van der Waals surface area contributed by atoms with Gasteiger partial charge in [0, 0.05) is 28.6 Å². The lowest BCUT2D eigenvalue weighted by molar-refractivity contribution is -0.384. The molecule has 12 nitrogen and oxygen atoms in total. The molecule has 1 fully saturated rings. The zero-order valence-corrected chi connectivity index (χ0v) is 24.9. The number of amides is 3. The van der Waals surface area contributed by atoms with E-state index in [4.69, 9.17) is 4.74 Å². The van der Waals surface area contributed by atoms with Crippen LogP contribution in [-0.2, 0) is 20.9 Å². The van der Waals surface area contributed by atoms with Gasteiger partial charge in [-0.2, -0.15) is 0 Å². The fraction of sp³-hybridized carbons (Fsp3) is 0.200. The fourth-order valence-corrected chi connectivity index (χ4v) is 8.23. The fourth-order valence-electron chi connectivity index (χ4n) is 5.46. The number of nitrogens with one attached hydrogen (secondary N) is 1. The molecule has 1 aromatic heterocycles. The van der Waals surface area contributed by atoms with E-state index in [2.05, 4.69) is 5.32 Å². The number of thioether (sulfide) groups is 1. The number of benzene rings is 3. The van der Waals surface area contributed by atoms with E-state index in [1.807, 2.05) is 19.1 Å². The Hall–Kier alpha value is -4.95. The second kappa shape index (κ2) is 11.3. The molecular formula is C30H24N4O8S2. The minimum absolute atomic E-state index is 0.127. The Balaban J connectivity index is 1.42. The zero-order chi connectivity index (χ0) is 31.3. The number of phenols is 1. The molecule has 3 atom stereocenters. The van der Waals surface area contributed by atoms with Crippen molar-refractivity contribution in [3.63, 3.8) is 0 Å². The summed E-state index contributed by atoms with van der Waals surface area (Å²) in [5, 5.41) is 23.6. The number of phenolic OH excluding ortho intramolecular Hbond substituents is 1. The predicted molar refractivity (Wildman–Crippen MR) is 164 cm³/mol. The van der Waals surface area contributed by atoms with Gasteiger partial charge in [0.05, 0.1) is 28.7 Å². The summed E-state index contributed by atoms with van der Waals surface area (Å²) >= 11 is 1.94. The number of hydrogen-bond donors (Lipinski definition) is 2. The standard InChI is InChI=1S/C30H24N4O8S2/c1-15-3-6-17(7-4-15)31-22(36)14-32-29-26(44-30(32)39)23(16-5-12-20(35)21(13-16)42-2)24-25(43-29)28(38)33(27(24)37)18-8-10-19(11-9-18)34(40)41/h3-13,23-25,35H,14H2,1-2H3,(H,31,36)/t23-,24?,25?/m0/s1. The number of nitro groups is 1. The summed E-state index contributed by atoms with van der Waals surface area (Å²) in [6.07, 6.45) is 0. The normalized spacial score (nSPS) is 19.0. The van der Waals surface area contributed by atoms with Gasteiger partial charge in [-0.1, -0.05) is 46.9 Å². The van der Waals surface area contributed by atoms with Crippen molar-refractivity contribution in [1.82, 2.24) is 4.57 Å². The van der Waals surface area contributed by atoms with E-state index in [-0.39, 0.29) is 29.4 Å². The molecule has 3 heterocycles. The Kier molecular flexibility index (Phi) is 7.47. The Morgan fingerprint density at radius 3 is 2.41 bits per heavy atom. The average molecular weight is 633 g/mol. The maximum absolute atomic E-state index is 14.0. The summed E-state index contributed by atoms with van der Waals surface area (Å²) in [4.78, 5) is 65.9. The number of nitro benzene ring substituents is 1. The quantitative estimate of drug-likeness (QED) is 0.172. The van der Waals surface area contributed by atoms with Gasteiger partial charge in [-0.3, -0.25) is 33.9 Å². The van der Waals surface area contributed by atoms with Crippen molar-refractivity contribution in [3.05, 3.63) is 103 Å². The third-order valence-corrected chi connectivity index (χ3v) is 10.2. The average Bonchev–Trinajstić information content (AvgIpc) is 3.44. The molecule has 2 aliphatic heterocycles. The van der Waals surface area contributed by atoms with E-state index >= 15 is 0 Å². The number of fused-ring (bicyclic) bond motifs is 2. The third kappa shape index (κ3) is 5.01. The SMILES string of the molecule is COc1cc([C@@H]2c3sc(=O)n(CC(=O)Nc4ccc(C)cc4)c3SC3C(=O)N(c4ccc([N+](=O)[O-])cc4)C(=O)C32)ccc1O. The Labute approximate surface area is 258 Å². The molecule has 3 amide bonds. The Morgan fingerprint density at radius 2 is 1.75 bits per heavy atom. The molecule has 0 radical (unpaired) electrons. The molecular weight excluding hydrogens is 608 g/mol. The van der Waals surface area contributed by atoms with Crippen LogP contribution in [-0.4, -0.2) is 44.7 Å². The Morgan fingerprint density at radius 1 is 1.05 bits per heavy atom. The Bertz CT molecular complexity index is 1880. The van der Waals surface area contributed by atoms with Gasteiger partial charge in [-0.15, -0.1) is 0 Å². The lowest BCUT2D eigenvalue weighted by atomic mass is 9.83. The summed E-state index contributed by atoms with van der Waals surface area (Å²) in [5.74, 6) is -3.24. The van der Waals surface area contributed by atoms with Crippen LogP contribution >= 0.6 is 23.1 Å². The number of aryl methyl sites for hydroxylation is 1. The van der Waals surface area contributed by atoms with E-state index in [1.54, 1.807) is 24.3 Å². The third-order valence-electron chi connectivity index (χ3n) is 7.57. The number of non-ortho nitro benzene ring substituents is 1. The largest absolute Gasteiger partial charge is 0.504 e. The minimum Gasteiger partial charge on any atom is -0.504 e. The summed E-state index contributed by atoms with van der Waals surface area (Å²) in [6.45, 7) is 1.61. The lowest BCUT2D eigenvalue weighted by Gasteiger charge is -2.31. The molecule has 4 aromatic rings. The number of anilines is 2. The molecule has 2 N–H and O–H groups in total. The smallest absolute Gasteiger partial charge is 0.308 e. The van der Waals surface area contributed by atoms with Gasteiger partial charge >= 0.3 is 4.87 Å². The summed E-state index contributed by atoms with van der Waals surface area (Å²) in [7, 11) is 1.38. The van der Waals surface area contributed by atoms with Crippen molar-refractivity contribution in [3.8, 4) is 11.5 Å². The van der Waals surface area contributed by atoms with Crippen LogP contribution < -0.4 is 19.8 Å². The van der Waals surface area contributed by atoms with Gasteiger partial charge in [0.2, 0.25) is 17.7 Å². The lowest BCUT2D eigenvalue weighted by Crippen LogP contribution is -2.33. The van der Waals surface area contributed by atoms with Gasteiger partial charge in [0.15, 0.2) is 11.5 Å². The number of ether oxygens (including phenoxy) is 1. The van der Waals surface area contributed by atoms with Gasteiger partial charge in [-0.05, 0) is 48.9 Å². The van der Waals surface area contributed by atoms with Gasteiger partial charge in [-0.25, -0.2) is 4.90 Å². The van der Waals surface area contributed by atoms with Crippen molar-refractivity contribution in [2.45, 2.75) is 29.7 Å². The number of nitrogens with zero attached hydrogens (tertiary/aromatic N) is 3. The number of imide groups is 1. The molecule has 44 heavy (non-hydrogen) atoms. The highest BCUT2D eigenvalue weighted by Gasteiger charge is 2.57. The molecule has 0 aliphatic carbocycles. The second-order valence-electron chi connectivity index (χ2n) is 10.3. The van der Waals surface area contributed by atoms with E-state index in [0.717, 1.165) is 33.6 Å².